The monoisotopic (exact) mass is 493 g/mol. The van der Waals surface area contributed by atoms with E-state index in [2.05, 4.69) is 4.98 Å². The molecule has 3 rings (SSSR count). The van der Waals surface area contributed by atoms with Crippen molar-refractivity contribution >= 4 is 11.8 Å². The maximum absolute atomic E-state index is 13.4. The topological polar surface area (TPSA) is 162 Å². The minimum absolute atomic E-state index is 0.0119. The summed E-state index contributed by atoms with van der Waals surface area (Å²) in [5, 5.41) is 29.8. The Hall–Kier alpha value is -2.87. The van der Waals surface area contributed by atoms with Gasteiger partial charge in [0.25, 0.3) is 0 Å². The van der Waals surface area contributed by atoms with Crippen molar-refractivity contribution in [3.05, 3.63) is 58.6 Å². The van der Waals surface area contributed by atoms with Gasteiger partial charge >= 0.3 is 11.7 Å². The molecule has 0 unspecified atom stereocenters. The molecule has 1 aromatic heterocycles. The van der Waals surface area contributed by atoms with Crippen LogP contribution in [0.3, 0.4) is 0 Å². The van der Waals surface area contributed by atoms with Crippen LogP contribution in [0.2, 0.25) is 0 Å². The molecule has 0 saturated carbocycles. The molecule has 4 N–H and O–H groups in total. The van der Waals surface area contributed by atoms with E-state index in [-0.39, 0.29) is 19.0 Å². The van der Waals surface area contributed by atoms with Crippen LogP contribution in [0.1, 0.15) is 25.6 Å². The first-order valence-corrected chi connectivity index (χ1v) is 11.3. The van der Waals surface area contributed by atoms with Crippen LogP contribution in [-0.4, -0.2) is 82.3 Å². The van der Waals surface area contributed by atoms with Crippen molar-refractivity contribution in [2.24, 2.45) is 0 Å². The van der Waals surface area contributed by atoms with Crippen molar-refractivity contribution < 1.29 is 39.2 Å². The van der Waals surface area contributed by atoms with Gasteiger partial charge in [-0.05, 0) is 25.5 Å². The minimum atomic E-state index is -1.49. The van der Waals surface area contributed by atoms with Crippen molar-refractivity contribution in [3.8, 4) is 0 Å². The van der Waals surface area contributed by atoms with Crippen LogP contribution < -0.4 is 11.2 Å². The second-order valence-corrected chi connectivity index (χ2v) is 7.98. The predicted octanol–water partition coefficient (Wildman–Crippen LogP) is 0.218. The molecule has 1 aliphatic rings. The number of esters is 1. The molecule has 12 nitrogen and oxygen atoms in total. The maximum atomic E-state index is 13.4. The number of nitrogens with one attached hydrogen (secondary N) is 1. The van der Waals surface area contributed by atoms with Gasteiger partial charge in [-0.25, -0.2) is 4.79 Å². The van der Waals surface area contributed by atoms with E-state index in [9.17, 15) is 19.8 Å². The smallest absolute Gasteiger partial charge is 0.351 e. The molecule has 35 heavy (non-hydrogen) atoms. The first kappa shape index (κ1) is 26.7. The first-order chi connectivity index (χ1) is 16.9. The summed E-state index contributed by atoms with van der Waals surface area (Å²) >= 11 is 0. The summed E-state index contributed by atoms with van der Waals surface area (Å²) in [6.45, 7) is 4.01. The maximum Gasteiger partial charge on any atom is 0.351 e. The molecule has 192 valence electrons. The Morgan fingerprint density at radius 1 is 1.11 bits per heavy atom. The lowest BCUT2D eigenvalue weighted by atomic mass is 9.81. The number of carbonyl (C=O) groups excluding carboxylic acids is 1. The van der Waals surface area contributed by atoms with Crippen molar-refractivity contribution in [1.29, 1.82) is 0 Å². The van der Waals surface area contributed by atoms with Crippen LogP contribution in [0.25, 0.3) is 0 Å². The zero-order chi connectivity index (χ0) is 25.4. The Labute approximate surface area is 202 Å². The normalized spacial score (nSPS) is 22.2. The van der Waals surface area contributed by atoms with Crippen LogP contribution in [0.4, 0.5) is 5.82 Å². The summed E-state index contributed by atoms with van der Waals surface area (Å²) < 4.78 is 23.4. The number of anilines is 1. The van der Waals surface area contributed by atoms with E-state index < -0.39 is 48.2 Å². The summed E-state index contributed by atoms with van der Waals surface area (Å²) in [5.74, 6) is -0.734. The number of aliphatic hydroxyl groups excluding tert-OH is 2. The lowest BCUT2D eigenvalue weighted by Gasteiger charge is -2.32. The van der Waals surface area contributed by atoms with Crippen molar-refractivity contribution in [1.82, 2.24) is 9.55 Å². The Bertz CT molecular complexity index is 1010. The molecule has 0 aliphatic carbocycles. The summed E-state index contributed by atoms with van der Waals surface area (Å²) in [6, 6.07) is 10.3. The van der Waals surface area contributed by atoms with Gasteiger partial charge in [-0.2, -0.15) is 4.98 Å². The van der Waals surface area contributed by atoms with Gasteiger partial charge in [-0.1, -0.05) is 30.3 Å². The Morgan fingerprint density at radius 3 is 2.34 bits per heavy atom. The fraction of sp³-hybridized carbons (Fsp3) is 0.522. The molecular formula is C23H31N3O9. The summed E-state index contributed by atoms with van der Waals surface area (Å²) in [5.41, 5.74) is 0.309. The zero-order valence-electron chi connectivity index (χ0n) is 19.6. The molecule has 12 heteroatoms. The molecule has 0 bridgehead atoms. The number of carbonyl (C=O) groups is 1. The molecule has 1 saturated heterocycles. The highest BCUT2D eigenvalue weighted by molar-refractivity contribution is 5.83. The highest BCUT2D eigenvalue weighted by atomic mass is 16.6. The van der Waals surface area contributed by atoms with E-state index in [1.54, 1.807) is 29.7 Å². The fourth-order valence-corrected chi connectivity index (χ4v) is 3.82. The molecule has 0 spiro atoms. The van der Waals surface area contributed by atoms with Gasteiger partial charge in [0, 0.05) is 19.4 Å². The number of aliphatic hydroxyl groups is 2. The molecule has 2 aromatic rings. The molecule has 0 radical (unpaired) electrons. The Balaban J connectivity index is 1.78. The van der Waals surface area contributed by atoms with Gasteiger partial charge < -0.3 is 29.2 Å². The van der Waals surface area contributed by atoms with E-state index in [0.717, 1.165) is 4.57 Å². The predicted molar refractivity (Wildman–Crippen MR) is 122 cm³/mol. The highest BCUT2D eigenvalue weighted by Gasteiger charge is 2.47. The summed E-state index contributed by atoms with van der Waals surface area (Å²) in [4.78, 5) is 29.2. The lowest BCUT2D eigenvalue weighted by Crippen LogP contribution is -2.47. The third-order valence-corrected chi connectivity index (χ3v) is 5.76. The average Bonchev–Trinajstić information content (AvgIpc) is 3.16. The van der Waals surface area contributed by atoms with Crippen LogP contribution in [0.15, 0.2) is 47.4 Å². The van der Waals surface area contributed by atoms with Gasteiger partial charge in [0.2, 0.25) is 0 Å². The van der Waals surface area contributed by atoms with Crippen LogP contribution in [-0.2, 0) is 29.2 Å². The van der Waals surface area contributed by atoms with E-state index >= 15 is 0 Å². The van der Waals surface area contributed by atoms with E-state index in [0.29, 0.717) is 18.8 Å². The summed E-state index contributed by atoms with van der Waals surface area (Å²) in [7, 11) is 0. The molecule has 1 aliphatic heterocycles. The molecule has 1 fully saturated rings. The van der Waals surface area contributed by atoms with Crippen molar-refractivity contribution in [3.63, 3.8) is 0 Å². The van der Waals surface area contributed by atoms with Gasteiger partial charge in [-0.3, -0.25) is 20.0 Å². The van der Waals surface area contributed by atoms with Gasteiger partial charge in [0.1, 0.15) is 30.3 Å². The SMILES string of the molecule is CCOCC(COCC)(C(=O)OC[C@H]1O[C@@H](n2ccc(NO)nc2=O)[C@H](O)[C@@H]1O)c1ccccc1. The second kappa shape index (κ2) is 12.2. The number of ether oxygens (including phenoxy) is 4. The highest BCUT2D eigenvalue weighted by Crippen LogP contribution is 2.31. The molecule has 2 heterocycles. The van der Waals surface area contributed by atoms with Gasteiger partial charge in [0.05, 0.1) is 13.2 Å². The van der Waals surface area contributed by atoms with Gasteiger partial charge in [-0.15, -0.1) is 0 Å². The largest absolute Gasteiger partial charge is 0.462 e. The number of benzene rings is 1. The van der Waals surface area contributed by atoms with Gasteiger partial charge in [0.15, 0.2) is 12.0 Å². The molecular weight excluding hydrogens is 462 g/mol. The Morgan fingerprint density at radius 2 is 1.77 bits per heavy atom. The third kappa shape index (κ3) is 5.86. The summed E-state index contributed by atoms with van der Waals surface area (Å²) in [6.07, 6.45) is -4.08. The molecule has 4 atom stereocenters. The van der Waals surface area contributed by atoms with Crippen LogP contribution in [0, 0.1) is 0 Å². The molecule has 1 aromatic carbocycles. The second-order valence-electron chi connectivity index (χ2n) is 7.98. The third-order valence-electron chi connectivity index (χ3n) is 5.76. The number of hydrogen-bond donors (Lipinski definition) is 4. The quantitative estimate of drug-likeness (QED) is 0.236. The number of hydrogen-bond acceptors (Lipinski definition) is 11. The number of aromatic nitrogens is 2. The zero-order valence-corrected chi connectivity index (χ0v) is 19.6. The van der Waals surface area contributed by atoms with E-state index in [1.807, 2.05) is 19.9 Å². The number of nitrogens with zero attached hydrogens (tertiary/aromatic N) is 2. The first-order valence-electron chi connectivity index (χ1n) is 11.3. The van der Waals surface area contributed by atoms with E-state index in [4.69, 9.17) is 24.2 Å². The molecule has 0 amide bonds. The van der Waals surface area contributed by atoms with E-state index in [1.165, 1.54) is 12.3 Å². The standard InChI is InChI=1S/C23H31N3O9/c1-3-32-13-23(14-33-4-2,15-8-6-5-7-9-15)21(29)34-12-16-18(27)19(28)20(35-16)26-11-10-17(25-31)24-22(26)30/h5-11,16,18-20,27-28,31H,3-4,12-14H2,1-2H3,(H,24,25,30)/t16-,18-,19-,20-/m1/s1. The minimum Gasteiger partial charge on any atom is -0.462 e. The lowest BCUT2D eigenvalue weighted by molar-refractivity contribution is -0.163. The Kier molecular flexibility index (Phi) is 9.32. The van der Waals surface area contributed by atoms with Crippen LogP contribution >= 0.6 is 0 Å². The van der Waals surface area contributed by atoms with Crippen molar-refractivity contribution in [2.75, 3.05) is 38.5 Å². The van der Waals surface area contributed by atoms with Crippen molar-refractivity contribution in [2.45, 2.75) is 43.8 Å². The van der Waals surface area contributed by atoms with Crippen LogP contribution in [0.5, 0.6) is 0 Å². The average molecular weight is 494 g/mol. The number of rotatable bonds is 12. The fourth-order valence-electron chi connectivity index (χ4n) is 3.82.